The van der Waals surface area contributed by atoms with Crippen molar-refractivity contribution >= 4 is 35.1 Å². The number of carboxylic acid groups (broad SMARTS) is 1. The summed E-state index contributed by atoms with van der Waals surface area (Å²) in [4.78, 5) is 49.2. The molecule has 12 heteroatoms. The first-order valence-electron chi connectivity index (χ1n) is 7.79. The summed E-state index contributed by atoms with van der Waals surface area (Å²) >= 11 is 11.4. The van der Waals surface area contributed by atoms with Gasteiger partial charge >= 0.3 is 11.7 Å². The van der Waals surface area contributed by atoms with E-state index in [2.05, 4.69) is 10.1 Å². The number of aromatic nitrogens is 4. The molecule has 0 atom stereocenters. The van der Waals surface area contributed by atoms with Crippen LogP contribution in [-0.4, -0.2) is 36.7 Å². The molecule has 2 aromatic heterocycles. The molecule has 0 bridgehead atoms. The van der Waals surface area contributed by atoms with Gasteiger partial charge in [-0.2, -0.15) is 9.78 Å². The van der Waals surface area contributed by atoms with Crippen LogP contribution in [0.15, 0.2) is 52.2 Å². The predicted molar refractivity (Wildman–Crippen MR) is 105 cm³/mol. The number of carboxylic acids is 1. The molecule has 1 amide bonds. The number of nitrogens with zero attached hydrogens (tertiary/aromatic N) is 3. The number of hydrogen-bond donors (Lipinski definition) is 3. The second-order valence-corrected chi connectivity index (χ2v) is 6.20. The van der Waals surface area contributed by atoms with E-state index in [0.29, 0.717) is 5.02 Å². The van der Waals surface area contributed by atoms with Gasteiger partial charge in [-0.15, -0.1) is 0 Å². The Bertz CT molecular complexity index is 1180. The van der Waals surface area contributed by atoms with Gasteiger partial charge in [0.1, 0.15) is 6.20 Å². The molecule has 0 aliphatic heterocycles. The molecular weight excluding hydrogens is 425 g/mol. The number of amides is 1. The quantitative estimate of drug-likeness (QED) is 0.548. The predicted octanol–water partition coefficient (Wildman–Crippen LogP) is 1.04. The molecule has 0 aliphatic rings. The van der Waals surface area contributed by atoms with E-state index >= 15 is 0 Å². The summed E-state index contributed by atoms with van der Waals surface area (Å²) in [6.45, 7) is 0. The Morgan fingerprint density at radius 3 is 2.38 bits per heavy atom. The van der Waals surface area contributed by atoms with E-state index in [-0.39, 0.29) is 23.2 Å². The lowest BCUT2D eigenvalue weighted by Crippen LogP contribution is -2.31. The fourth-order valence-corrected chi connectivity index (χ4v) is 2.43. The van der Waals surface area contributed by atoms with Crippen molar-refractivity contribution in [3.8, 4) is 5.82 Å². The number of rotatable bonds is 4. The van der Waals surface area contributed by atoms with E-state index in [0.717, 1.165) is 16.4 Å². The summed E-state index contributed by atoms with van der Waals surface area (Å²) in [6.07, 6.45) is 1.08. The Labute approximate surface area is 172 Å². The van der Waals surface area contributed by atoms with Crippen molar-refractivity contribution in [3.63, 3.8) is 0 Å². The second-order valence-electron chi connectivity index (χ2n) is 5.39. The van der Waals surface area contributed by atoms with Crippen molar-refractivity contribution in [1.82, 2.24) is 19.7 Å². The fraction of sp³-hybridized carbons (Fsp3) is 0.0588. The third kappa shape index (κ3) is 5.99. The van der Waals surface area contributed by atoms with E-state index in [1.165, 1.54) is 12.1 Å². The highest BCUT2D eigenvalue weighted by molar-refractivity contribution is 6.33. The molecule has 0 unspecified atom stereocenters. The van der Waals surface area contributed by atoms with Gasteiger partial charge in [0.2, 0.25) is 5.91 Å². The number of pyridine rings is 1. The van der Waals surface area contributed by atoms with Crippen LogP contribution in [0.4, 0.5) is 0 Å². The van der Waals surface area contributed by atoms with Gasteiger partial charge in [0.25, 0.3) is 5.56 Å². The monoisotopic (exact) mass is 437 g/mol. The zero-order valence-corrected chi connectivity index (χ0v) is 16.0. The van der Waals surface area contributed by atoms with E-state index in [4.69, 9.17) is 34.0 Å². The average molecular weight is 438 g/mol. The molecule has 29 heavy (non-hydrogen) atoms. The minimum Gasteiger partial charge on any atom is -0.476 e. The van der Waals surface area contributed by atoms with Gasteiger partial charge in [0.05, 0.1) is 11.4 Å². The highest BCUT2D eigenvalue weighted by Crippen LogP contribution is 2.15. The van der Waals surface area contributed by atoms with Gasteiger partial charge in [-0.05, 0) is 23.8 Å². The van der Waals surface area contributed by atoms with E-state index in [9.17, 15) is 19.2 Å². The van der Waals surface area contributed by atoms with Crippen LogP contribution in [0, 0.1) is 0 Å². The van der Waals surface area contributed by atoms with Crippen molar-refractivity contribution in [2.24, 2.45) is 5.73 Å². The van der Waals surface area contributed by atoms with Gasteiger partial charge in [0, 0.05) is 5.02 Å². The number of aromatic carboxylic acids is 1. The molecule has 2 heterocycles. The Hall–Kier alpha value is -3.50. The lowest BCUT2D eigenvalue weighted by Gasteiger charge is -2.04. The maximum atomic E-state index is 11.4. The molecular formula is C17H13Cl2N5O5. The molecule has 0 spiro atoms. The van der Waals surface area contributed by atoms with Crippen LogP contribution in [0.1, 0.15) is 16.1 Å². The van der Waals surface area contributed by atoms with Gasteiger partial charge in [-0.1, -0.05) is 41.4 Å². The summed E-state index contributed by atoms with van der Waals surface area (Å²) in [5, 5.41) is 12.9. The number of H-pyrrole nitrogens is 1. The van der Waals surface area contributed by atoms with E-state index in [1.807, 2.05) is 17.1 Å². The Morgan fingerprint density at radius 2 is 1.79 bits per heavy atom. The third-order valence-electron chi connectivity index (χ3n) is 3.29. The molecule has 0 aliphatic carbocycles. The highest BCUT2D eigenvalue weighted by atomic mass is 35.5. The first-order chi connectivity index (χ1) is 13.7. The minimum absolute atomic E-state index is 0.0574. The van der Waals surface area contributed by atoms with Crippen molar-refractivity contribution in [1.29, 1.82) is 0 Å². The van der Waals surface area contributed by atoms with Crippen molar-refractivity contribution in [3.05, 3.63) is 84.7 Å². The molecule has 3 aromatic rings. The molecule has 0 saturated carbocycles. The van der Waals surface area contributed by atoms with Crippen LogP contribution in [0.3, 0.4) is 0 Å². The van der Waals surface area contributed by atoms with Crippen LogP contribution in [0.25, 0.3) is 5.82 Å². The van der Waals surface area contributed by atoms with Crippen LogP contribution >= 0.6 is 23.2 Å². The standard InChI is InChI=1S/C9H5ClN4O4.C8H8ClNO/c10-4-1-2-5(12-7(4)8(16)17)14-9(18)13-6(15)3-11-14;9-7-4-2-1-3-6(7)5-8(10)11/h1-3H,(H,16,17)(H,13,15,18);1-4H,5H2,(H2,10,11). The first-order valence-corrected chi connectivity index (χ1v) is 8.55. The second kappa shape index (κ2) is 9.62. The lowest BCUT2D eigenvalue weighted by molar-refractivity contribution is -0.117. The maximum Gasteiger partial charge on any atom is 0.356 e. The van der Waals surface area contributed by atoms with Gasteiger partial charge in [-0.3, -0.25) is 14.6 Å². The highest BCUT2D eigenvalue weighted by Gasteiger charge is 2.13. The third-order valence-corrected chi connectivity index (χ3v) is 3.96. The lowest BCUT2D eigenvalue weighted by atomic mass is 10.1. The largest absolute Gasteiger partial charge is 0.476 e. The minimum atomic E-state index is -1.33. The van der Waals surface area contributed by atoms with Gasteiger partial charge in [0.15, 0.2) is 11.5 Å². The Balaban J connectivity index is 0.000000234. The molecule has 4 N–H and O–H groups in total. The molecule has 0 radical (unpaired) electrons. The Morgan fingerprint density at radius 1 is 1.10 bits per heavy atom. The van der Waals surface area contributed by atoms with Gasteiger partial charge < -0.3 is 10.8 Å². The first kappa shape index (κ1) is 21.8. The van der Waals surface area contributed by atoms with Crippen molar-refractivity contribution in [2.45, 2.75) is 6.42 Å². The maximum absolute atomic E-state index is 11.4. The summed E-state index contributed by atoms with van der Waals surface area (Å²) in [5.74, 6) is -1.75. The normalized spacial score (nSPS) is 10.0. The topological polar surface area (TPSA) is 161 Å². The van der Waals surface area contributed by atoms with Crippen LogP contribution in [0.5, 0.6) is 0 Å². The molecule has 10 nitrogen and oxygen atoms in total. The number of carbonyl (C=O) groups is 2. The molecule has 150 valence electrons. The van der Waals surface area contributed by atoms with Gasteiger partial charge in [-0.25, -0.2) is 14.6 Å². The number of benzene rings is 1. The van der Waals surface area contributed by atoms with Crippen molar-refractivity contribution in [2.75, 3.05) is 0 Å². The summed E-state index contributed by atoms with van der Waals surface area (Å²) < 4.78 is 0.754. The van der Waals surface area contributed by atoms with Crippen LogP contribution < -0.4 is 17.0 Å². The van der Waals surface area contributed by atoms with Crippen LogP contribution in [0.2, 0.25) is 10.0 Å². The van der Waals surface area contributed by atoms with Crippen LogP contribution in [-0.2, 0) is 11.2 Å². The summed E-state index contributed by atoms with van der Waals surface area (Å²) in [7, 11) is 0. The number of halogens is 2. The van der Waals surface area contributed by atoms with E-state index in [1.54, 1.807) is 12.1 Å². The number of aromatic amines is 1. The number of primary amides is 1. The zero-order chi connectivity index (χ0) is 21.6. The average Bonchev–Trinajstić information content (AvgIpc) is 2.64. The molecule has 0 fully saturated rings. The SMILES string of the molecule is NC(=O)Cc1ccccc1Cl.O=C(O)c1nc(-n2ncc(=O)[nH]c2=O)ccc1Cl. The molecule has 1 aromatic carbocycles. The summed E-state index contributed by atoms with van der Waals surface area (Å²) in [6, 6.07) is 9.73. The fourth-order valence-electron chi connectivity index (χ4n) is 2.05. The number of hydrogen-bond acceptors (Lipinski definition) is 6. The van der Waals surface area contributed by atoms with Crippen molar-refractivity contribution < 1.29 is 14.7 Å². The number of nitrogens with two attached hydrogens (primary N) is 1. The Kier molecular flexibility index (Phi) is 7.23. The zero-order valence-electron chi connectivity index (χ0n) is 14.5. The smallest absolute Gasteiger partial charge is 0.356 e. The number of carbonyl (C=O) groups excluding carboxylic acids is 1. The number of nitrogens with one attached hydrogen (secondary N) is 1. The molecule has 3 rings (SSSR count). The molecule has 0 saturated heterocycles. The summed E-state index contributed by atoms with van der Waals surface area (Å²) in [5.41, 5.74) is 3.88. The van der Waals surface area contributed by atoms with E-state index < -0.39 is 22.9 Å².